The van der Waals surface area contributed by atoms with Crippen LogP contribution in [0, 0.1) is 0 Å². The molecule has 0 amide bonds. The minimum atomic E-state index is 1.05. The molecule has 19 aromatic carbocycles. The van der Waals surface area contributed by atoms with Crippen molar-refractivity contribution in [1.82, 2.24) is 18.3 Å². The molecule has 0 bridgehead atoms. The summed E-state index contributed by atoms with van der Waals surface area (Å²) < 4.78 is 9.52. The number of anilines is 9. The number of nitrogens with zero attached hydrogens (tertiary/aromatic N) is 7. The van der Waals surface area contributed by atoms with E-state index in [1.165, 1.54) is 98.4 Å². The highest BCUT2D eigenvalue weighted by Gasteiger charge is 2.23. The Kier molecular flexibility index (Phi) is 17.1. The van der Waals surface area contributed by atoms with Gasteiger partial charge in [0.15, 0.2) is 0 Å². The number of hydrogen-bond acceptors (Lipinski definition) is 3. The van der Waals surface area contributed by atoms with E-state index in [1.807, 2.05) is 0 Å². The lowest BCUT2D eigenvalue weighted by molar-refractivity contribution is 1.17. The molecule has 7 heteroatoms. The number of fused-ring (bicyclic) bond motifs is 12. The van der Waals surface area contributed by atoms with Crippen molar-refractivity contribution in [3.05, 3.63) is 467 Å². The Hall–Kier alpha value is -16.2. The fourth-order valence-electron chi connectivity index (χ4n) is 18.7. The van der Waals surface area contributed by atoms with Crippen molar-refractivity contribution in [1.29, 1.82) is 0 Å². The number of rotatable bonds is 17. The Balaban J connectivity index is 0.543. The van der Waals surface area contributed by atoms with Crippen LogP contribution in [-0.2, 0) is 0 Å². The normalized spacial score (nSPS) is 11.6. The van der Waals surface area contributed by atoms with Crippen LogP contribution in [0.2, 0.25) is 0 Å². The van der Waals surface area contributed by atoms with E-state index in [0.717, 1.165) is 107 Å². The Morgan fingerprint density at radius 2 is 0.281 bits per heavy atom. The molecule has 0 aliphatic carbocycles. The molecular weight excluding hydrogens is 1470 g/mol. The number of aromatic nitrogens is 4. The highest BCUT2D eigenvalue weighted by Crippen LogP contribution is 2.46. The lowest BCUT2D eigenvalue weighted by Crippen LogP contribution is -2.10. The first kappa shape index (κ1) is 70.2. The van der Waals surface area contributed by atoms with Crippen LogP contribution in [0.5, 0.6) is 0 Å². The number of benzene rings is 19. The zero-order valence-electron chi connectivity index (χ0n) is 66.1. The zero-order chi connectivity index (χ0) is 79.9. The van der Waals surface area contributed by atoms with E-state index in [4.69, 9.17) is 0 Å². The maximum absolute atomic E-state index is 2.38. The van der Waals surface area contributed by atoms with Crippen molar-refractivity contribution in [2.24, 2.45) is 0 Å². The van der Waals surface area contributed by atoms with Gasteiger partial charge in [-0.1, -0.05) is 249 Å². The second-order valence-corrected chi connectivity index (χ2v) is 31.2. The van der Waals surface area contributed by atoms with Crippen LogP contribution in [-0.4, -0.2) is 18.3 Å². The molecule has 568 valence electrons. The first-order chi connectivity index (χ1) is 60.0. The third-order valence-electron chi connectivity index (χ3n) is 24.4. The number of para-hydroxylation sites is 9. The van der Waals surface area contributed by atoms with Gasteiger partial charge in [-0.05, 0) is 263 Å². The topological polar surface area (TPSA) is 29.4 Å². The van der Waals surface area contributed by atoms with Crippen molar-refractivity contribution in [2.45, 2.75) is 0 Å². The van der Waals surface area contributed by atoms with Crippen LogP contribution in [0.4, 0.5) is 51.2 Å². The summed E-state index contributed by atoms with van der Waals surface area (Å²) in [5, 5.41) is 9.90. The molecule has 4 heterocycles. The third kappa shape index (κ3) is 12.3. The molecule has 4 aromatic heterocycles. The Bertz CT molecular complexity index is 7250. The minimum Gasteiger partial charge on any atom is -0.311 e. The quantitative estimate of drug-likeness (QED) is 0.0910. The molecule has 0 N–H and O–H groups in total. The van der Waals surface area contributed by atoms with Gasteiger partial charge < -0.3 is 33.0 Å². The molecule has 23 aromatic rings. The van der Waals surface area contributed by atoms with Crippen molar-refractivity contribution in [3.8, 4) is 67.3 Å². The van der Waals surface area contributed by atoms with Gasteiger partial charge in [0.25, 0.3) is 0 Å². The van der Waals surface area contributed by atoms with Crippen molar-refractivity contribution in [2.75, 3.05) is 14.7 Å². The SMILES string of the molecule is c1ccc(N(c2ccc(-c3ccc(N(c4ccc(-c5ccc6c(c5)c5ccccc5n6-c5ccccc5)cc4)c4ccc(-n5c6ccccc6c6ccccc65)cc4)cc3)cc2)c2ccc(-c3ccc(N(c4ccc(-c5ccc6c(c5)c5ccccc5n6-c5ccccc5)cc4)c4ccc(-n5c6ccccc6c6ccccc65)cc4)cc3)cc2)cc1. The molecule has 0 spiro atoms. The summed E-state index contributed by atoms with van der Waals surface area (Å²) in [5.41, 5.74) is 32.7. The van der Waals surface area contributed by atoms with Crippen molar-refractivity contribution >= 4 is 138 Å². The summed E-state index contributed by atoms with van der Waals surface area (Å²) in [4.78, 5) is 7.09. The Labute approximate surface area is 701 Å². The summed E-state index contributed by atoms with van der Waals surface area (Å²) >= 11 is 0. The maximum Gasteiger partial charge on any atom is 0.0541 e. The van der Waals surface area contributed by atoms with Gasteiger partial charge in [0, 0.05) is 117 Å². The minimum absolute atomic E-state index is 1.05. The third-order valence-corrected chi connectivity index (χ3v) is 24.4. The summed E-state index contributed by atoms with van der Waals surface area (Å²) in [6, 6.07) is 170. The van der Waals surface area contributed by atoms with Gasteiger partial charge in [-0.15, -0.1) is 0 Å². The average molecular weight is 1540 g/mol. The lowest BCUT2D eigenvalue weighted by atomic mass is 10.0. The van der Waals surface area contributed by atoms with Gasteiger partial charge in [-0.2, -0.15) is 0 Å². The maximum atomic E-state index is 2.38. The van der Waals surface area contributed by atoms with Crippen LogP contribution in [0.15, 0.2) is 467 Å². The lowest BCUT2D eigenvalue weighted by Gasteiger charge is -2.27. The molecule has 0 atom stereocenters. The molecule has 0 fully saturated rings. The van der Waals surface area contributed by atoms with Crippen LogP contribution >= 0.6 is 0 Å². The molecular formula is C114H77N7. The van der Waals surface area contributed by atoms with Gasteiger partial charge >= 0.3 is 0 Å². The predicted molar refractivity (Wildman–Crippen MR) is 510 cm³/mol. The first-order valence-electron chi connectivity index (χ1n) is 41.4. The molecule has 0 saturated carbocycles. The van der Waals surface area contributed by atoms with Crippen molar-refractivity contribution in [3.63, 3.8) is 0 Å². The fraction of sp³-hybridized carbons (Fsp3) is 0. The van der Waals surface area contributed by atoms with E-state index in [0.29, 0.717) is 0 Å². The summed E-state index contributed by atoms with van der Waals surface area (Å²) in [6.45, 7) is 0. The second-order valence-electron chi connectivity index (χ2n) is 31.2. The van der Waals surface area contributed by atoms with Crippen LogP contribution in [0.25, 0.3) is 154 Å². The molecule has 121 heavy (non-hydrogen) atoms. The summed E-state index contributed by atoms with van der Waals surface area (Å²) in [6.07, 6.45) is 0. The van der Waals surface area contributed by atoms with E-state index in [2.05, 4.69) is 500 Å². The van der Waals surface area contributed by atoms with E-state index < -0.39 is 0 Å². The zero-order valence-corrected chi connectivity index (χ0v) is 66.1. The summed E-state index contributed by atoms with van der Waals surface area (Å²) in [5.74, 6) is 0. The largest absolute Gasteiger partial charge is 0.311 e. The van der Waals surface area contributed by atoms with Crippen LogP contribution < -0.4 is 14.7 Å². The van der Waals surface area contributed by atoms with Gasteiger partial charge in [0.05, 0.1) is 44.1 Å². The molecule has 0 aliphatic heterocycles. The molecule has 23 rings (SSSR count). The van der Waals surface area contributed by atoms with Gasteiger partial charge in [-0.3, -0.25) is 0 Å². The second kappa shape index (κ2) is 29.5. The smallest absolute Gasteiger partial charge is 0.0541 e. The van der Waals surface area contributed by atoms with Crippen LogP contribution in [0.3, 0.4) is 0 Å². The monoisotopic (exact) mass is 1540 g/mol. The molecule has 0 unspecified atom stereocenters. The van der Waals surface area contributed by atoms with Crippen LogP contribution in [0.1, 0.15) is 0 Å². The fourth-order valence-corrected chi connectivity index (χ4v) is 18.7. The van der Waals surface area contributed by atoms with Crippen molar-refractivity contribution < 1.29 is 0 Å². The Morgan fingerprint density at radius 1 is 0.116 bits per heavy atom. The van der Waals surface area contributed by atoms with E-state index in [9.17, 15) is 0 Å². The summed E-state index contributed by atoms with van der Waals surface area (Å²) in [7, 11) is 0. The first-order valence-corrected chi connectivity index (χ1v) is 41.4. The molecule has 0 saturated heterocycles. The predicted octanol–water partition coefficient (Wildman–Crippen LogP) is 31.2. The Morgan fingerprint density at radius 3 is 0.529 bits per heavy atom. The van der Waals surface area contributed by atoms with E-state index in [-0.39, 0.29) is 0 Å². The van der Waals surface area contributed by atoms with Gasteiger partial charge in [0.1, 0.15) is 0 Å². The molecule has 0 aliphatic rings. The highest BCUT2D eigenvalue weighted by atomic mass is 15.2. The molecule has 0 radical (unpaired) electrons. The number of hydrogen-bond donors (Lipinski definition) is 0. The van der Waals surface area contributed by atoms with Gasteiger partial charge in [0.2, 0.25) is 0 Å². The van der Waals surface area contributed by atoms with Gasteiger partial charge in [-0.25, -0.2) is 0 Å². The standard InChI is InChI=1S/C114H77N7/c1-4-22-86(23-5-1)115(89-54-40-78(41-55-89)80-44-58-91(59-45-80)116(95-66-70-97(71-67-95)120-107-34-16-10-28-99(107)100-29-11-17-35-108(100)120)93-62-48-82(49-63-93)84-52-74-113-105(76-84)103-32-14-20-38-111(103)118(113)87-24-6-2-7-25-87)90-56-42-79(43-57-90)81-46-60-92(61-47-81)117(96-68-72-98(73-69-96)121-109-36-18-12-30-101(109)102-31-13-19-37-110(102)121)94-64-50-83(51-65-94)85-53-75-114-106(77-85)104-33-15-21-39-112(104)119(114)88-26-8-3-9-27-88/h1-77H. The van der Waals surface area contributed by atoms with E-state index in [1.54, 1.807) is 0 Å². The average Bonchev–Trinajstić information content (AvgIpc) is 1.65. The molecule has 7 nitrogen and oxygen atoms in total. The highest BCUT2D eigenvalue weighted by molar-refractivity contribution is 6.13. The van der Waals surface area contributed by atoms with E-state index >= 15 is 0 Å².